The Balaban J connectivity index is 1.55. The lowest BCUT2D eigenvalue weighted by molar-refractivity contribution is -0.117. The van der Waals surface area contributed by atoms with E-state index in [2.05, 4.69) is 59.8 Å². The summed E-state index contributed by atoms with van der Waals surface area (Å²) < 4.78 is 5.41. The van der Waals surface area contributed by atoms with Gasteiger partial charge in [-0.2, -0.15) is 0 Å². The van der Waals surface area contributed by atoms with Crippen molar-refractivity contribution in [3.63, 3.8) is 0 Å². The lowest BCUT2D eigenvalue weighted by atomic mass is 9.92. The van der Waals surface area contributed by atoms with E-state index in [1.54, 1.807) is 11.8 Å². The third kappa shape index (κ3) is 5.69. The number of nitrogens with zero attached hydrogens (tertiary/aromatic N) is 1. The zero-order valence-electron chi connectivity index (χ0n) is 18.3. The number of hydrogen-bond acceptors (Lipinski definition) is 5. The minimum Gasteiger partial charge on any atom is -0.381 e. The highest BCUT2D eigenvalue weighted by Gasteiger charge is 2.21. The number of aryl methyl sites for hydroxylation is 1. The van der Waals surface area contributed by atoms with Crippen LogP contribution in [0.3, 0.4) is 0 Å². The molecular formula is C25H31N3O2S. The van der Waals surface area contributed by atoms with Crippen molar-refractivity contribution in [2.45, 2.75) is 39.2 Å². The molecule has 0 saturated carbocycles. The summed E-state index contributed by atoms with van der Waals surface area (Å²) in [5.74, 6) is 1.51. The van der Waals surface area contributed by atoms with E-state index in [-0.39, 0.29) is 11.9 Å². The first-order valence-corrected chi connectivity index (χ1v) is 12.1. The van der Waals surface area contributed by atoms with Crippen molar-refractivity contribution in [3.8, 4) is 0 Å². The average molecular weight is 438 g/mol. The number of rotatable bonds is 6. The Hall–Kier alpha value is -2.31. The molecule has 4 rings (SSSR count). The van der Waals surface area contributed by atoms with Gasteiger partial charge < -0.3 is 15.4 Å². The Labute approximate surface area is 189 Å². The molecule has 2 heterocycles. The van der Waals surface area contributed by atoms with Gasteiger partial charge in [0.1, 0.15) is 0 Å². The van der Waals surface area contributed by atoms with Gasteiger partial charge in [0.25, 0.3) is 0 Å². The fraction of sp³-hybridized carbons (Fsp3) is 0.440. The molecule has 0 bridgehead atoms. The molecule has 1 amide bonds. The van der Waals surface area contributed by atoms with Crippen LogP contribution >= 0.6 is 11.8 Å². The molecule has 164 valence electrons. The largest absolute Gasteiger partial charge is 0.381 e. The standard InChI is InChI=1S/C25H31N3O2S/c1-17-5-3-8-22(18(17)2)24(28-25-26-11-14-31-25)20-6-4-7-21(16-20)27-23(29)15-19-9-12-30-13-10-19/h3-8,16,19,24H,9-15H2,1-2H3,(H,26,28)(H,27,29). The maximum Gasteiger partial charge on any atom is 0.224 e. The van der Waals surface area contributed by atoms with E-state index in [1.165, 1.54) is 16.7 Å². The zero-order chi connectivity index (χ0) is 21.6. The van der Waals surface area contributed by atoms with Crippen molar-refractivity contribution in [2.24, 2.45) is 10.9 Å². The van der Waals surface area contributed by atoms with Crippen LogP contribution in [0.2, 0.25) is 0 Å². The molecule has 0 radical (unpaired) electrons. The normalized spacial score (nSPS) is 17.8. The number of thioether (sulfide) groups is 1. The molecule has 6 heteroatoms. The van der Waals surface area contributed by atoms with E-state index in [0.717, 1.165) is 54.8 Å². The van der Waals surface area contributed by atoms with Gasteiger partial charge in [-0.05, 0) is 67.0 Å². The third-order valence-electron chi connectivity index (χ3n) is 6.13. The first-order valence-electron chi connectivity index (χ1n) is 11.1. The van der Waals surface area contributed by atoms with Gasteiger partial charge in [-0.25, -0.2) is 0 Å². The van der Waals surface area contributed by atoms with Gasteiger partial charge in [-0.15, -0.1) is 0 Å². The monoisotopic (exact) mass is 437 g/mol. The van der Waals surface area contributed by atoms with Gasteiger partial charge in [0, 0.05) is 31.1 Å². The molecule has 2 aliphatic rings. The number of nitrogens with one attached hydrogen (secondary N) is 2. The Kier molecular flexibility index (Phi) is 7.30. The van der Waals surface area contributed by atoms with Crippen molar-refractivity contribution < 1.29 is 9.53 Å². The first-order chi connectivity index (χ1) is 15.1. The second-order valence-corrected chi connectivity index (χ2v) is 9.42. The Morgan fingerprint density at radius 3 is 2.77 bits per heavy atom. The highest BCUT2D eigenvalue weighted by Crippen LogP contribution is 2.30. The van der Waals surface area contributed by atoms with Crippen LogP contribution in [0.1, 0.15) is 47.6 Å². The molecule has 0 spiro atoms. The summed E-state index contributed by atoms with van der Waals surface area (Å²) in [6, 6.07) is 14.6. The summed E-state index contributed by atoms with van der Waals surface area (Å²) in [6.45, 7) is 6.69. The first kappa shape index (κ1) is 21.9. The number of aliphatic imine (C=N–C) groups is 1. The summed E-state index contributed by atoms with van der Waals surface area (Å²) >= 11 is 1.76. The molecule has 2 aromatic carbocycles. The Bertz CT molecular complexity index is 954. The minimum atomic E-state index is -0.0170. The SMILES string of the molecule is Cc1cccc(C(NC2=NCCS2)c2cccc(NC(=O)CC3CCOCC3)c2)c1C. The smallest absolute Gasteiger partial charge is 0.224 e. The Morgan fingerprint density at radius 1 is 1.19 bits per heavy atom. The fourth-order valence-electron chi connectivity index (χ4n) is 4.19. The summed E-state index contributed by atoms with van der Waals surface area (Å²) in [4.78, 5) is 17.2. The summed E-state index contributed by atoms with van der Waals surface area (Å²) in [5.41, 5.74) is 5.74. The van der Waals surface area contributed by atoms with Crippen LogP contribution in [0.4, 0.5) is 5.69 Å². The predicted molar refractivity (Wildman–Crippen MR) is 129 cm³/mol. The molecular weight excluding hydrogens is 406 g/mol. The van der Waals surface area contributed by atoms with Crippen LogP contribution in [0.15, 0.2) is 47.5 Å². The van der Waals surface area contributed by atoms with Crippen LogP contribution in [-0.4, -0.2) is 36.6 Å². The Morgan fingerprint density at radius 2 is 2.00 bits per heavy atom. The third-order valence-corrected chi connectivity index (χ3v) is 7.04. The average Bonchev–Trinajstić information content (AvgIpc) is 3.28. The number of anilines is 1. The molecule has 1 fully saturated rings. The number of carbonyl (C=O) groups is 1. The van der Waals surface area contributed by atoms with Gasteiger partial charge in [-0.1, -0.05) is 42.1 Å². The number of ether oxygens (including phenoxy) is 1. The zero-order valence-corrected chi connectivity index (χ0v) is 19.1. The van der Waals surface area contributed by atoms with Gasteiger partial charge in [0.05, 0.1) is 12.6 Å². The van der Waals surface area contributed by atoms with E-state index in [9.17, 15) is 4.79 Å². The maximum atomic E-state index is 12.6. The highest BCUT2D eigenvalue weighted by atomic mass is 32.2. The second-order valence-electron chi connectivity index (χ2n) is 8.34. The second kappa shape index (κ2) is 10.3. The van der Waals surface area contributed by atoms with Crippen LogP contribution in [0.25, 0.3) is 0 Å². The van der Waals surface area contributed by atoms with Crippen molar-refractivity contribution in [1.29, 1.82) is 0 Å². The summed E-state index contributed by atoms with van der Waals surface area (Å²) in [7, 11) is 0. The van der Waals surface area contributed by atoms with Gasteiger partial charge in [0.2, 0.25) is 5.91 Å². The molecule has 0 aromatic heterocycles. The summed E-state index contributed by atoms with van der Waals surface area (Å²) in [5, 5.41) is 7.75. The topological polar surface area (TPSA) is 62.7 Å². The van der Waals surface area contributed by atoms with E-state index in [4.69, 9.17) is 4.74 Å². The van der Waals surface area contributed by atoms with Crippen LogP contribution < -0.4 is 10.6 Å². The molecule has 2 N–H and O–H groups in total. The number of hydrogen-bond donors (Lipinski definition) is 2. The van der Waals surface area contributed by atoms with Gasteiger partial charge in [0.15, 0.2) is 5.17 Å². The highest BCUT2D eigenvalue weighted by molar-refractivity contribution is 8.14. The number of benzene rings is 2. The molecule has 2 aromatic rings. The van der Waals surface area contributed by atoms with Crippen molar-refractivity contribution >= 4 is 28.5 Å². The van der Waals surface area contributed by atoms with Gasteiger partial charge >= 0.3 is 0 Å². The predicted octanol–water partition coefficient (Wildman–Crippen LogP) is 4.84. The molecule has 5 nitrogen and oxygen atoms in total. The molecule has 2 aliphatic heterocycles. The molecule has 0 aliphatic carbocycles. The van der Waals surface area contributed by atoms with Crippen molar-refractivity contribution in [3.05, 3.63) is 64.7 Å². The van der Waals surface area contributed by atoms with Crippen LogP contribution in [0.5, 0.6) is 0 Å². The number of carbonyl (C=O) groups excluding carboxylic acids is 1. The van der Waals surface area contributed by atoms with Crippen molar-refractivity contribution in [1.82, 2.24) is 5.32 Å². The van der Waals surface area contributed by atoms with Crippen molar-refractivity contribution in [2.75, 3.05) is 30.8 Å². The molecule has 1 saturated heterocycles. The molecule has 1 atom stereocenters. The minimum absolute atomic E-state index is 0.0170. The molecule has 1 unspecified atom stereocenters. The summed E-state index contributed by atoms with van der Waals surface area (Å²) in [6.07, 6.45) is 2.48. The maximum absolute atomic E-state index is 12.6. The molecule has 31 heavy (non-hydrogen) atoms. The van der Waals surface area contributed by atoms with E-state index >= 15 is 0 Å². The van der Waals surface area contributed by atoms with E-state index < -0.39 is 0 Å². The lowest BCUT2D eigenvalue weighted by Crippen LogP contribution is -2.27. The van der Waals surface area contributed by atoms with Crippen LogP contribution in [0, 0.1) is 19.8 Å². The number of amides is 1. The van der Waals surface area contributed by atoms with E-state index in [0.29, 0.717) is 12.3 Å². The fourth-order valence-corrected chi connectivity index (χ4v) is 4.95. The van der Waals surface area contributed by atoms with Crippen LogP contribution in [-0.2, 0) is 9.53 Å². The number of amidine groups is 1. The lowest BCUT2D eigenvalue weighted by Gasteiger charge is -2.24. The quantitative estimate of drug-likeness (QED) is 0.679. The van der Waals surface area contributed by atoms with E-state index in [1.807, 2.05) is 12.1 Å². The van der Waals surface area contributed by atoms with Gasteiger partial charge in [-0.3, -0.25) is 9.79 Å².